The van der Waals surface area contributed by atoms with E-state index in [-0.39, 0.29) is 35.4 Å². The number of carbonyl (C=O) groups is 1. The van der Waals surface area contributed by atoms with E-state index >= 15 is 0 Å². The SMILES string of the molecule is COc1ccc(-c2ccc(=O)n(CC(=O)N[C@H]3CCOC(C)(C)C3)n2)c(F)c1. The first kappa shape index (κ1) is 20.0. The highest BCUT2D eigenvalue weighted by Crippen LogP contribution is 2.25. The van der Waals surface area contributed by atoms with Crippen LogP contribution in [0.4, 0.5) is 4.39 Å². The Labute approximate surface area is 162 Å². The normalized spacial score (nSPS) is 18.5. The fraction of sp³-hybridized carbons (Fsp3) is 0.450. The van der Waals surface area contributed by atoms with Crippen molar-refractivity contribution in [2.75, 3.05) is 13.7 Å². The van der Waals surface area contributed by atoms with Gasteiger partial charge in [0.1, 0.15) is 18.1 Å². The highest BCUT2D eigenvalue weighted by Gasteiger charge is 2.29. The Kier molecular flexibility index (Phi) is 5.79. The van der Waals surface area contributed by atoms with Crippen LogP contribution in [-0.2, 0) is 16.1 Å². The number of hydrogen-bond donors (Lipinski definition) is 1. The van der Waals surface area contributed by atoms with Crippen molar-refractivity contribution in [3.8, 4) is 17.0 Å². The van der Waals surface area contributed by atoms with Crippen molar-refractivity contribution in [2.24, 2.45) is 0 Å². The highest BCUT2D eigenvalue weighted by molar-refractivity contribution is 5.76. The van der Waals surface area contributed by atoms with E-state index in [9.17, 15) is 14.0 Å². The molecule has 1 aliphatic rings. The van der Waals surface area contributed by atoms with Crippen molar-refractivity contribution in [1.82, 2.24) is 15.1 Å². The fourth-order valence-electron chi connectivity index (χ4n) is 3.30. The summed E-state index contributed by atoms with van der Waals surface area (Å²) >= 11 is 0. The molecule has 1 aliphatic heterocycles. The number of nitrogens with zero attached hydrogens (tertiary/aromatic N) is 2. The summed E-state index contributed by atoms with van der Waals surface area (Å²) in [5.41, 5.74) is -0.238. The number of benzene rings is 1. The minimum atomic E-state index is -0.522. The molecule has 1 aromatic heterocycles. The summed E-state index contributed by atoms with van der Waals surface area (Å²) in [4.78, 5) is 24.5. The zero-order chi connectivity index (χ0) is 20.3. The summed E-state index contributed by atoms with van der Waals surface area (Å²) in [5.74, 6) is -0.455. The number of ether oxygens (including phenoxy) is 2. The highest BCUT2D eigenvalue weighted by atomic mass is 19.1. The first-order valence-electron chi connectivity index (χ1n) is 9.13. The molecule has 28 heavy (non-hydrogen) atoms. The van der Waals surface area contributed by atoms with Gasteiger partial charge in [-0.15, -0.1) is 0 Å². The van der Waals surface area contributed by atoms with Gasteiger partial charge >= 0.3 is 0 Å². The lowest BCUT2D eigenvalue weighted by atomic mass is 9.94. The lowest BCUT2D eigenvalue weighted by Crippen LogP contribution is -2.47. The van der Waals surface area contributed by atoms with Crippen LogP contribution in [0.25, 0.3) is 11.3 Å². The van der Waals surface area contributed by atoms with Crippen molar-refractivity contribution >= 4 is 5.91 Å². The van der Waals surface area contributed by atoms with E-state index in [1.54, 1.807) is 6.07 Å². The monoisotopic (exact) mass is 389 g/mol. The van der Waals surface area contributed by atoms with E-state index in [0.717, 1.165) is 4.68 Å². The Hall–Kier alpha value is -2.74. The number of methoxy groups -OCH3 is 1. The van der Waals surface area contributed by atoms with Crippen LogP contribution in [0, 0.1) is 5.82 Å². The molecule has 0 radical (unpaired) electrons. The third-order valence-corrected chi connectivity index (χ3v) is 4.67. The van der Waals surface area contributed by atoms with Gasteiger partial charge in [-0.2, -0.15) is 5.10 Å². The maximum Gasteiger partial charge on any atom is 0.267 e. The predicted molar refractivity (Wildman–Crippen MR) is 102 cm³/mol. The summed E-state index contributed by atoms with van der Waals surface area (Å²) in [6.45, 7) is 4.29. The molecule has 0 aliphatic carbocycles. The van der Waals surface area contributed by atoms with E-state index in [1.807, 2.05) is 13.8 Å². The molecule has 2 heterocycles. The van der Waals surface area contributed by atoms with Crippen LogP contribution in [0.1, 0.15) is 26.7 Å². The standard InChI is InChI=1S/C20H24FN3O4/c1-20(2)11-13(8-9-28-20)22-18(25)12-24-19(26)7-6-17(23-24)15-5-4-14(27-3)10-16(15)21/h4-7,10,13H,8-9,11-12H2,1-3H3,(H,22,25)/t13-/m0/s1. The van der Waals surface area contributed by atoms with Gasteiger partial charge in [0, 0.05) is 30.3 Å². The summed E-state index contributed by atoms with van der Waals surface area (Å²) in [6, 6.07) is 7.06. The summed E-state index contributed by atoms with van der Waals surface area (Å²) in [5, 5.41) is 7.08. The van der Waals surface area contributed by atoms with Crippen molar-refractivity contribution in [3.63, 3.8) is 0 Å². The Morgan fingerprint density at radius 2 is 2.18 bits per heavy atom. The molecule has 3 rings (SSSR count). The number of halogens is 1. The van der Waals surface area contributed by atoms with E-state index < -0.39 is 11.4 Å². The summed E-state index contributed by atoms with van der Waals surface area (Å²) in [6.07, 6.45) is 1.41. The van der Waals surface area contributed by atoms with Gasteiger partial charge in [-0.05, 0) is 44.9 Å². The quantitative estimate of drug-likeness (QED) is 0.847. The second kappa shape index (κ2) is 8.10. The molecule has 1 N–H and O–H groups in total. The average Bonchev–Trinajstić information content (AvgIpc) is 2.62. The van der Waals surface area contributed by atoms with Crippen molar-refractivity contribution in [1.29, 1.82) is 0 Å². The summed E-state index contributed by atoms with van der Waals surface area (Å²) in [7, 11) is 1.45. The van der Waals surface area contributed by atoms with E-state index in [2.05, 4.69) is 10.4 Å². The average molecular weight is 389 g/mol. The molecular weight excluding hydrogens is 365 g/mol. The van der Waals surface area contributed by atoms with E-state index in [0.29, 0.717) is 25.2 Å². The molecule has 0 bridgehead atoms. The Bertz CT molecular complexity index is 926. The molecular formula is C20H24FN3O4. The van der Waals surface area contributed by atoms with Gasteiger partial charge in [0.15, 0.2) is 0 Å². The number of rotatable bonds is 5. The van der Waals surface area contributed by atoms with Gasteiger partial charge in [0.25, 0.3) is 5.56 Å². The molecule has 1 amide bonds. The molecule has 0 unspecified atom stereocenters. The maximum atomic E-state index is 14.3. The van der Waals surface area contributed by atoms with Gasteiger partial charge in [0.2, 0.25) is 5.91 Å². The van der Waals surface area contributed by atoms with Crippen LogP contribution in [0.15, 0.2) is 35.1 Å². The topological polar surface area (TPSA) is 82.5 Å². The molecule has 8 heteroatoms. The molecule has 2 aromatic rings. The smallest absolute Gasteiger partial charge is 0.267 e. The van der Waals surface area contributed by atoms with Gasteiger partial charge in [-0.1, -0.05) is 0 Å². The van der Waals surface area contributed by atoms with Crippen LogP contribution in [0.3, 0.4) is 0 Å². The Morgan fingerprint density at radius 1 is 1.39 bits per heavy atom. The largest absolute Gasteiger partial charge is 0.497 e. The third-order valence-electron chi connectivity index (χ3n) is 4.67. The molecule has 150 valence electrons. The second-order valence-electron chi connectivity index (χ2n) is 7.43. The van der Waals surface area contributed by atoms with Crippen LogP contribution in [0.5, 0.6) is 5.75 Å². The van der Waals surface area contributed by atoms with Gasteiger partial charge in [-0.3, -0.25) is 9.59 Å². The van der Waals surface area contributed by atoms with Crippen molar-refractivity contribution < 1.29 is 18.7 Å². The predicted octanol–water partition coefficient (Wildman–Crippen LogP) is 2.13. The van der Waals surface area contributed by atoms with Gasteiger partial charge < -0.3 is 14.8 Å². The molecule has 1 atom stereocenters. The zero-order valence-electron chi connectivity index (χ0n) is 16.2. The third kappa shape index (κ3) is 4.75. The van der Waals surface area contributed by atoms with Crippen LogP contribution >= 0.6 is 0 Å². The molecule has 0 saturated carbocycles. The van der Waals surface area contributed by atoms with Crippen molar-refractivity contribution in [3.05, 3.63) is 46.5 Å². The van der Waals surface area contributed by atoms with E-state index in [1.165, 1.54) is 31.4 Å². The first-order chi connectivity index (χ1) is 13.3. The number of amides is 1. The Morgan fingerprint density at radius 3 is 2.86 bits per heavy atom. The molecule has 1 saturated heterocycles. The van der Waals surface area contributed by atoms with Crippen LogP contribution < -0.4 is 15.6 Å². The van der Waals surface area contributed by atoms with Gasteiger partial charge in [-0.25, -0.2) is 9.07 Å². The zero-order valence-corrected chi connectivity index (χ0v) is 16.2. The lowest BCUT2D eigenvalue weighted by molar-refractivity contribution is -0.124. The van der Waals surface area contributed by atoms with Crippen LogP contribution in [0.2, 0.25) is 0 Å². The molecule has 1 aromatic carbocycles. The number of aromatic nitrogens is 2. The molecule has 1 fully saturated rings. The van der Waals surface area contributed by atoms with Crippen LogP contribution in [-0.4, -0.2) is 41.0 Å². The lowest BCUT2D eigenvalue weighted by Gasteiger charge is -2.35. The molecule has 7 nitrogen and oxygen atoms in total. The number of hydrogen-bond acceptors (Lipinski definition) is 5. The summed E-state index contributed by atoms with van der Waals surface area (Å²) < 4.78 is 26.0. The van der Waals surface area contributed by atoms with E-state index in [4.69, 9.17) is 9.47 Å². The fourth-order valence-corrected chi connectivity index (χ4v) is 3.30. The number of carbonyl (C=O) groups excluding carboxylic acids is 1. The van der Waals surface area contributed by atoms with Crippen molar-refractivity contribution in [2.45, 2.75) is 44.9 Å². The Balaban J connectivity index is 1.75. The first-order valence-corrected chi connectivity index (χ1v) is 9.13. The van der Waals surface area contributed by atoms with Gasteiger partial charge in [0.05, 0.1) is 18.4 Å². The minimum Gasteiger partial charge on any atom is -0.497 e. The maximum absolute atomic E-state index is 14.3. The number of nitrogens with one attached hydrogen (secondary N) is 1. The molecule has 0 spiro atoms. The minimum absolute atomic E-state index is 0.0193. The second-order valence-corrected chi connectivity index (χ2v) is 7.43.